The van der Waals surface area contributed by atoms with E-state index in [-0.39, 0.29) is 36.0 Å². The summed E-state index contributed by atoms with van der Waals surface area (Å²) in [5.74, 6) is 0.763. The zero-order chi connectivity index (χ0) is 21.6. The Balaban J connectivity index is 1.40. The van der Waals surface area contributed by atoms with Crippen LogP contribution in [0.5, 0.6) is 5.88 Å². The number of aryl methyl sites for hydroxylation is 1. The summed E-state index contributed by atoms with van der Waals surface area (Å²) >= 11 is 0. The topological polar surface area (TPSA) is 97.8 Å². The van der Waals surface area contributed by atoms with Gasteiger partial charge in [-0.25, -0.2) is 18.1 Å². The van der Waals surface area contributed by atoms with Crippen LogP contribution in [0.4, 0.5) is 0 Å². The van der Waals surface area contributed by atoms with Gasteiger partial charge in [-0.05, 0) is 69.4 Å². The number of hydrogen-bond acceptors (Lipinski definition) is 6. The average Bonchev–Trinajstić information content (AvgIpc) is 3.54. The summed E-state index contributed by atoms with van der Waals surface area (Å²) in [5.41, 5.74) is 2.26. The summed E-state index contributed by atoms with van der Waals surface area (Å²) < 4.78 is 40.2. The number of hydrogen-bond donors (Lipinski definition) is 1. The maximum absolute atomic E-state index is 13.1. The molecular formula is C22H31N3O5S. The molecule has 0 unspecified atom stereocenters. The van der Waals surface area contributed by atoms with Gasteiger partial charge in [-0.15, -0.1) is 0 Å². The van der Waals surface area contributed by atoms with Gasteiger partial charge in [0.1, 0.15) is 0 Å². The Morgan fingerprint density at radius 2 is 1.90 bits per heavy atom. The number of rotatable bonds is 3. The standard InChI is InChI=1S/C22H31N3O5S/c1-14-8-10-23-22-21(14)15-2-4-16(5-3-15)29-12-19-18(24-31(27,28)17-6-7-17)9-11-25(19)20(26)13-30-22/h8,10,15-19,24H,2-7,9,11-13H2,1H3/t15?,16?,18-,19-/m0/s1. The molecule has 0 radical (unpaired) electrons. The fraction of sp³-hybridized carbons (Fsp3) is 0.727. The highest BCUT2D eigenvalue weighted by Gasteiger charge is 2.44. The molecule has 4 heterocycles. The van der Waals surface area contributed by atoms with Crippen molar-refractivity contribution in [1.29, 1.82) is 0 Å². The largest absolute Gasteiger partial charge is 0.467 e. The first kappa shape index (κ1) is 21.2. The van der Waals surface area contributed by atoms with Crippen molar-refractivity contribution >= 4 is 15.9 Å². The van der Waals surface area contributed by atoms with Crippen LogP contribution in [0.25, 0.3) is 0 Å². The van der Waals surface area contributed by atoms with E-state index in [1.165, 1.54) is 0 Å². The van der Waals surface area contributed by atoms with Gasteiger partial charge in [-0.3, -0.25) is 4.79 Å². The number of nitrogens with zero attached hydrogens (tertiary/aromatic N) is 2. The van der Waals surface area contributed by atoms with Crippen LogP contribution in [0.15, 0.2) is 12.3 Å². The van der Waals surface area contributed by atoms with Gasteiger partial charge >= 0.3 is 0 Å². The molecule has 0 aromatic carbocycles. The number of carbonyl (C=O) groups is 1. The number of ether oxygens (including phenoxy) is 2. The number of nitrogens with one attached hydrogen (secondary N) is 1. The zero-order valence-corrected chi connectivity index (χ0v) is 18.8. The summed E-state index contributed by atoms with van der Waals surface area (Å²) in [4.78, 5) is 19.2. The van der Waals surface area contributed by atoms with E-state index in [0.717, 1.165) is 49.7 Å². The van der Waals surface area contributed by atoms with E-state index < -0.39 is 10.0 Å². The van der Waals surface area contributed by atoms with Gasteiger partial charge in [-0.1, -0.05) is 0 Å². The summed E-state index contributed by atoms with van der Waals surface area (Å²) in [6, 6.07) is 1.37. The van der Waals surface area contributed by atoms with E-state index >= 15 is 0 Å². The van der Waals surface area contributed by atoms with Crippen LogP contribution in [0.3, 0.4) is 0 Å². The summed E-state index contributed by atoms with van der Waals surface area (Å²) in [6.45, 7) is 2.82. The predicted octanol–water partition coefficient (Wildman–Crippen LogP) is 1.88. The SMILES string of the molecule is Cc1ccnc2c1C1CCC(CC1)OC[C@H]1[C@@H](NS(=O)(=O)C3CC3)CCN1C(=O)CO2. The Morgan fingerprint density at radius 1 is 1.13 bits per heavy atom. The predicted molar refractivity (Wildman–Crippen MR) is 114 cm³/mol. The van der Waals surface area contributed by atoms with Gasteiger partial charge in [0.25, 0.3) is 5.91 Å². The first-order chi connectivity index (χ1) is 14.9. The van der Waals surface area contributed by atoms with Crippen LogP contribution in [0.2, 0.25) is 0 Å². The lowest BCUT2D eigenvalue weighted by molar-refractivity contribution is -0.136. The van der Waals surface area contributed by atoms with E-state index in [0.29, 0.717) is 31.4 Å². The molecule has 8 nitrogen and oxygen atoms in total. The zero-order valence-electron chi connectivity index (χ0n) is 18.0. The Morgan fingerprint density at radius 3 is 2.65 bits per heavy atom. The molecule has 1 aromatic heterocycles. The van der Waals surface area contributed by atoms with Crippen molar-refractivity contribution in [3.63, 3.8) is 0 Å². The van der Waals surface area contributed by atoms with Crippen molar-refractivity contribution < 1.29 is 22.7 Å². The molecule has 2 atom stereocenters. The second kappa shape index (κ2) is 8.33. The highest BCUT2D eigenvalue weighted by Crippen LogP contribution is 2.40. The van der Waals surface area contributed by atoms with Gasteiger partial charge in [-0.2, -0.15) is 0 Å². The molecule has 0 spiro atoms. The molecule has 1 amide bonds. The van der Waals surface area contributed by atoms with Gasteiger partial charge in [0.15, 0.2) is 6.61 Å². The molecule has 170 valence electrons. The number of aromatic nitrogens is 1. The highest BCUT2D eigenvalue weighted by atomic mass is 32.2. The number of amides is 1. The number of pyridine rings is 1. The van der Waals surface area contributed by atoms with Crippen LogP contribution in [0, 0.1) is 6.92 Å². The summed E-state index contributed by atoms with van der Waals surface area (Å²) in [5, 5.41) is -0.280. The maximum Gasteiger partial charge on any atom is 0.260 e. The van der Waals surface area contributed by atoms with Crippen molar-refractivity contribution in [3.05, 3.63) is 23.4 Å². The van der Waals surface area contributed by atoms with E-state index in [1.54, 1.807) is 11.1 Å². The van der Waals surface area contributed by atoms with Crippen molar-refractivity contribution in [1.82, 2.24) is 14.6 Å². The van der Waals surface area contributed by atoms with Crippen LogP contribution >= 0.6 is 0 Å². The fourth-order valence-corrected chi connectivity index (χ4v) is 6.96. The van der Waals surface area contributed by atoms with E-state index in [1.807, 2.05) is 6.07 Å². The Hall–Kier alpha value is -1.71. The van der Waals surface area contributed by atoms with Crippen LogP contribution < -0.4 is 9.46 Å². The molecule has 2 aliphatic carbocycles. The van der Waals surface area contributed by atoms with Crippen molar-refractivity contribution in [2.24, 2.45) is 0 Å². The molecule has 9 heteroatoms. The molecule has 2 saturated carbocycles. The first-order valence-corrected chi connectivity index (χ1v) is 13.0. The molecule has 1 N–H and O–H groups in total. The van der Waals surface area contributed by atoms with Crippen molar-refractivity contribution in [3.8, 4) is 5.88 Å². The second-order valence-electron chi connectivity index (χ2n) is 9.35. The van der Waals surface area contributed by atoms with Crippen LogP contribution in [-0.4, -0.2) is 67.4 Å². The van der Waals surface area contributed by atoms with Gasteiger partial charge < -0.3 is 14.4 Å². The lowest BCUT2D eigenvalue weighted by atomic mass is 9.81. The number of sulfonamides is 1. The monoisotopic (exact) mass is 449 g/mol. The van der Waals surface area contributed by atoms with Crippen LogP contribution in [-0.2, 0) is 19.6 Å². The van der Waals surface area contributed by atoms with Gasteiger partial charge in [0.05, 0.1) is 24.0 Å². The molecule has 2 bridgehead atoms. The lowest BCUT2D eigenvalue weighted by Gasteiger charge is -2.32. The molecule has 5 aliphatic rings. The summed E-state index contributed by atoms with van der Waals surface area (Å²) in [6.07, 6.45) is 7.76. The van der Waals surface area contributed by atoms with E-state index in [9.17, 15) is 13.2 Å². The number of fused-ring (bicyclic) bond motifs is 5. The highest BCUT2D eigenvalue weighted by molar-refractivity contribution is 7.90. The van der Waals surface area contributed by atoms with Gasteiger partial charge in [0, 0.05) is 24.3 Å². The van der Waals surface area contributed by atoms with Gasteiger partial charge in [0.2, 0.25) is 15.9 Å². The second-order valence-corrected chi connectivity index (χ2v) is 11.3. The lowest BCUT2D eigenvalue weighted by Crippen LogP contribution is -2.51. The molecule has 6 rings (SSSR count). The normalized spacial score (nSPS) is 31.8. The Bertz CT molecular complexity index is 940. The third-order valence-electron chi connectivity index (χ3n) is 7.23. The Labute approximate surface area is 183 Å². The number of carbonyl (C=O) groups excluding carboxylic acids is 1. The van der Waals surface area contributed by atoms with Crippen molar-refractivity contribution in [2.45, 2.75) is 81.2 Å². The van der Waals surface area contributed by atoms with Crippen molar-refractivity contribution in [2.75, 3.05) is 19.8 Å². The minimum atomic E-state index is -3.34. The fourth-order valence-electron chi connectivity index (χ4n) is 5.31. The van der Waals surface area contributed by atoms with E-state index in [2.05, 4.69) is 16.6 Å². The first-order valence-electron chi connectivity index (χ1n) is 11.4. The third kappa shape index (κ3) is 4.32. The average molecular weight is 450 g/mol. The maximum atomic E-state index is 13.1. The molecule has 31 heavy (non-hydrogen) atoms. The third-order valence-corrected chi connectivity index (χ3v) is 9.21. The molecule has 3 aliphatic heterocycles. The molecule has 1 saturated heterocycles. The van der Waals surface area contributed by atoms with E-state index in [4.69, 9.17) is 9.47 Å². The smallest absolute Gasteiger partial charge is 0.260 e. The minimum Gasteiger partial charge on any atom is -0.467 e. The molecule has 3 fully saturated rings. The quantitative estimate of drug-likeness (QED) is 0.757. The Kier molecular flexibility index (Phi) is 5.68. The van der Waals surface area contributed by atoms with Crippen LogP contribution in [0.1, 0.15) is 62.0 Å². The molecule has 1 aromatic rings. The minimum absolute atomic E-state index is 0.0990. The summed E-state index contributed by atoms with van der Waals surface area (Å²) in [7, 11) is -3.34. The molecular weight excluding hydrogens is 418 g/mol.